The summed E-state index contributed by atoms with van der Waals surface area (Å²) in [6.07, 6.45) is 0. The number of rotatable bonds is 9. The van der Waals surface area contributed by atoms with Crippen LogP contribution >= 0.6 is 24.0 Å². The molecule has 0 saturated heterocycles. The van der Waals surface area contributed by atoms with Crippen molar-refractivity contribution in [3.8, 4) is 11.5 Å². The van der Waals surface area contributed by atoms with Gasteiger partial charge in [0.05, 0.1) is 18.2 Å². The molecule has 0 aliphatic rings. The number of aliphatic hydroxyl groups excluding tert-OH is 1. The number of nitrogens with two attached hydrogens (primary N) is 1. The fraction of sp³-hybridized carbons (Fsp3) is 0.462. The maximum Gasteiger partial charge on any atom is 0.255 e. The van der Waals surface area contributed by atoms with Gasteiger partial charge in [-0.25, -0.2) is 0 Å². The van der Waals surface area contributed by atoms with Crippen LogP contribution < -0.4 is 20.5 Å². The van der Waals surface area contributed by atoms with Gasteiger partial charge in [0.25, 0.3) is 5.91 Å². The van der Waals surface area contributed by atoms with Crippen LogP contribution in [0.15, 0.2) is 12.1 Å². The van der Waals surface area contributed by atoms with Gasteiger partial charge in [-0.15, -0.1) is 12.4 Å². The predicted octanol–water partition coefficient (Wildman–Crippen LogP) is 1.11. The molecule has 1 aromatic carbocycles. The summed E-state index contributed by atoms with van der Waals surface area (Å²) in [5, 5.41) is 12.1. The molecule has 0 fully saturated rings. The molecule has 4 N–H and O–H groups in total. The number of carbonyl (C=O) groups excluding carboxylic acids is 1. The molecule has 1 rings (SSSR count). The lowest BCUT2D eigenvalue weighted by Crippen LogP contribution is -2.20. The first kappa shape index (κ1) is 19.8. The molecule has 120 valence electrons. The standard InChI is InChI=1S/C13H19ClN2O4.ClH/c1-2-19-11-6-9(7-16-3-4-17)5-10(14)13(11)20-8-12(15)18;/h5-6,16-17H,2-4,7-8H2,1H3,(H2,15,18);1H. The van der Waals surface area contributed by atoms with Gasteiger partial charge < -0.3 is 25.6 Å². The number of aliphatic hydroxyl groups is 1. The Bertz CT molecular complexity index is 458. The maximum absolute atomic E-state index is 10.8. The number of ether oxygens (including phenoxy) is 2. The quantitative estimate of drug-likeness (QED) is 0.586. The summed E-state index contributed by atoms with van der Waals surface area (Å²) in [6, 6.07) is 3.49. The highest BCUT2D eigenvalue weighted by molar-refractivity contribution is 6.32. The topological polar surface area (TPSA) is 93.8 Å². The van der Waals surface area contributed by atoms with E-state index < -0.39 is 5.91 Å². The Labute approximate surface area is 135 Å². The van der Waals surface area contributed by atoms with Crippen molar-refractivity contribution in [2.75, 3.05) is 26.4 Å². The Hall–Kier alpha value is -1.21. The van der Waals surface area contributed by atoms with E-state index in [9.17, 15) is 4.79 Å². The molecule has 0 atom stereocenters. The first-order chi connectivity index (χ1) is 9.58. The third-order valence-corrected chi connectivity index (χ3v) is 2.63. The van der Waals surface area contributed by atoms with Crippen molar-refractivity contribution in [1.29, 1.82) is 0 Å². The first-order valence-electron chi connectivity index (χ1n) is 6.26. The summed E-state index contributed by atoms with van der Waals surface area (Å²) in [6.45, 7) is 3.10. The molecular weight excluding hydrogens is 319 g/mol. The highest BCUT2D eigenvalue weighted by Gasteiger charge is 2.13. The van der Waals surface area contributed by atoms with Gasteiger partial charge in [-0.1, -0.05) is 11.6 Å². The summed E-state index contributed by atoms with van der Waals surface area (Å²) in [7, 11) is 0. The van der Waals surface area contributed by atoms with E-state index in [-0.39, 0.29) is 25.6 Å². The Morgan fingerprint density at radius 1 is 1.43 bits per heavy atom. The molecule has 0 bridgehead atoms. The number of amides is 1. The minimum absolute atomic E-state index is 0. The molecule has 0 unspecified atom stereocenters. The molecule has 1 amide bonds. The second kappa shape index (κ2) is 10.5. The number of nitrogens with one attached hydrogen (secondary N) is 1. The van der Waals surface area contributed by atoms with Crippen LogP contribution in [0.2, 0.25) is 5.02 Å². The zero-order valence-corrected chi connectivity index (χ0v) is 13.3. The summed E-state index contributed by atoms with van der Waals surface area (Å²) in [5.41, 5.74) is 5.93. The van der Waals surface area contributed by atoms with Crippen LogP contribution in [0.3, 0.4) is 0 Å². The highest BCUT2D eigenvalue weighted by Crippen LogP contribution is 2.36. The van der Waals surface area contributed by atoms with Gasteiger partial charge >= 0.3 is 0 Å². The van der Waals surface area contributed by atoms with Crippen LogP contribution in [0.5, 0.6) is 11.5 Å². The molecule has 0 spiro atoms. The van der Waals surface area contributed by atoms with Crippen LogP contribution in [-0.4, -0.2) is 37.4 Å². The van der Waals surface area contributed by atoms with E-state index in [4.69, 9.17) is 31.9 Å². The third-order valence-electron chi connectivity index (χ3n) is 2.35. The van der Waals surface area contributed by atoms with Gasteiger partial charge in [0.2, 0.25) is 0 Å². The molecular formula is C13H20Cl2N2O4. The van der Waals surface area contributed by atoms with E-state index in [0.717, 1.165) is 5.56 Å². The first-order valence-corrected chi connectivity index (χ1v) is 6.64. The molecule has 0 aromatic heterocycles. The number of benzene rings is 1. The Morgan fingerprint density at radius 2 is 2.14 bits per heavy atom. The summed E-state index contributed by atoms with van der Waals surface area (Å²) in [4.78, 5) is 10.8. The van der Waals surface area contributed by atoms with E-state index in [0.29, 0.717) is 36.2 Å². The van der Waals surface area contributed by atoms with Crippen LogP contribution in [0.4, 0.5) is 0 Å². The molecule has 0 saturated carbocycles. The molecule has 8 heteroatoms. The third kappa shape index (κ3) is 6.86. The molecule has 0 aliphatic carbocycles. The summed E-state index contributed by atoms with van der Waals surface area (Å²) in [5.74, 6) is 0.178. The van der Waals surface area contributed by atoms with E-state index in [1.54, 1.807) is 12.1 Å². The van der Waals surface area contributed by atoms with Crippen molar-refractivity contribution >= 4 is 29.9 Å². The number of carbonyl (C=O) groups is 1. The lowest BCUT2D eigenvalue weighted by atomic mass is 10.2. The van der Waals surface area contributed by atoms with Crippen molar-refractivity contribution in [1.82, 2.24) is 5.32 Å². The zero-order chi connectivity index (χ0) is 15.0. The van der Waals surface area contributed by atoms with Crippen molar-refractivity contribution < 1.29 is 19.4 Å². The van der Waals surface area contributed by atoms with Gasteiger partial charge in [0, 0.05) is 13.1 Å². The fourth-order valence-electron chi connectivity index (χ4n) is 1.58. The molecule has 0 radical (unpaired) electrons. The highest BCUT2D eigenvalue weighted by atomic mass is 35.5. The Kier molecular flexibility index (Phi) is 9.90. The predicted molar refractivity (Wildman–Crippen MR) is 83.4 cm³/mol. The normalized spacial score (nSPS) is 9.86. The molecule has 21 heavy (non-hydrogen) atoms. The largest absolute Gasteiger partial charge is 0.490 e. The second-order valence-electron chi connectivity index (χ2n) is 3.99. The van der Waals surface area contributed by atoms with Crippen molar-refractivity contribution in [3.63, 3.8) is 0 Å². The summed E-state index contributed by atoms with van der Waals surface area (Å²) >= 11 is 6.13. The van der Waals surface area contributed by atoms with Crippen LogP contribution in [0.1, 0.15) is 12.5 Å². The van der Waals surface area contributed by atoms with E-state index in [1.807, 2.05) is 6.92 Å². The SMILES string of the molecule is CCOc1cc(CNCCO)cc(Cl)c1OCC(N)=O.Cl. The van der Waals surface area contributed by atoms with E-state index in [1.165, 1.54) is 0 Å². The number of halogens is 2. The lowest BCUT2D eigenvalue weighted by Gasteiger charge is -2.14. The Balaban J connectivity index is 0.00000400. The fourth-order valence-corrected chi connectivity index (χ4v) is 1.87. The average Bonchev–Trinajstić information content (AvgIpc) is 2.38. The van der Waals surface area contributed by atoms with Crippen LogP contribution in [-0.2, 0) is 11.3 Å². The average molecular weight is 339 g/mol. The summed E-state index contributed by atoms with van der Waals surface area (Å²) < 4.78 is 10.7. The molecule has 0 aliphatic heterocycles. The lowest BCUT2D eigenvalue weighted by molar-refractivity contribution is -0.119. The van der Waals surface area contributed by atoms with Gasteiger partial charge in [0.1, 0.15) is 0 Å². The van der Waals surface area contributed by atoms with Gasteiger partial charge in [-0.3, -0.25) is 4.79 Å². The minimum atomic E-state index is -0.586. The van der Waals surface area contributed by atoms with Crippen molar-refractivity contribution in [2.45, 2.75) is 13.5 Å². The van der Waals surface area contributed by atoms with E-state index >= 15 is 0 Å². The monoisotopic (exact) mass is 338 g/mol. The van der Waals surface area contributed by atoms with Gasteiger partial charge in [-0.2, -0.15) is 0 Å². The molecule has 1 aromatic rings. The number of hydrogen-bond donors (Lipinski definition) is 3. The number of hydrogen-bond acceptors (Lipinski definition) is 5. The van der Waals surface area contributed by atoms with Crippen LogP contribution in [0, 0.1) is 0 Å². The smallest absolute Gasteiger partial charge is 0.255 e. The van der Waals surface area contributed by atoms with Crippen molar-refractivity contribution in [3.05, 3.63) is 22.7 Å². The van der Waals surface area contributed by atoms with E-state index in [2.05, 4.69) is 5.32 Å². The van der Waals surface area contributed by atoms with Crippen molar-refractivity contribution in [2.24, 2.45) is 5.73 Å². The number of primary amides is 1. The van der Waals surface area contributed by atoms with Gasteiger partial charge in [0.15, 0.2) is 18.1 Å². The molecule has 6 nitrogen and oxygen atoms in total. The zero-order valence-electron chi connectivity index (χ0n) is 11.7. The van der Waals surface area contributed by atoms with Crippen LogP contribution in [0.25, 0.3) is 0 Å². The Morgan fingerprint density at radius 3 is 2.71 bits per heavy atom. The molecule has 0 heterocycles. The second-order valence-corrected chi connectivity index (χ2v) is 4.40. The van der Waals surface area contributed by atoms with Gasteiger partial charge in [-0.05, 0) is 24.6 Å². The maximum atomic E-state index is 10.8. The minimum Gasteiger partial charge on any atom is -0.490 e.